The summed E-state index contributed by atoms with van der Waals surface area (Å²) >= 11 is 0. The van der Waals surface area contributed by atoms with Crippen molar-refractivity contribution in [1.29, 1.82) is 0 Å². The summed E-state index contributed by atoms with van der Waals surface area (Å²) in [5.41, 5.74) is 6.00. The smallest absolute Gasteiger partial charge is 0.136 e. The molecule has 1 atom stereocenters. The van der Waals surface area contributed by atoms with Gasteiger partial charge in [-0.05, 0) is 46.2 Å². The Balaban J connectivity index is 1.71. The molecule has 5 heteroatoms. The molecule has 0 aliphatic carbocycles. The van der Waals surface area contributed by atoms with Crippen LogP contribution >= 0.6 is 0 Å². The van der Waals surface area contributed by atoms with Crippen molar-refractivity contribution < 1.29 is 0 Å². The van der Waals surface area contributed by atoms with Crippen LogP contribution in [0.25, 0.3) is 0 Å². The summed E-state index contributed by atoms with van der Waals surface area (Å²) in [6.07, 6.45) is 4.37. The fourth-order valence-corrected chi connectivity index (χ4v) is 3.35. The van der Waals surface area contributed by atoms with E-state index in [2.05, 4.69) is 33.5 Å². The predicted octanol–water partition coefficient (Wildman–Crippen LogP) is 1.14. The summed E-state index contributed by atoms with van der Waals surface area (Å²) in [6.45, 7) is 7.93. The van der Waals surface area contributed by atoms with Gasteiger partial charge in [0.05, 0.1) is 0 Å². The first-order valence-corrected chi connectivity index (χ1v) is 7.56. The molecule has 5 nitrogen and oxygen atoms in total. The Labute approximate surface area is 115 Å². The van der Waals surface area contributed by atoms with Gasteiger partial charge < -0.3 is 15.2 Å². The van der Waals surface area contributed by atoms with Gasteiger partial charge >= 0.3 is 0 Å². The molecule has 0 aromatic carbocycles. The fraction of sp³-hybridized carbons (Fsp3) is 0.857. The van der Waals surface area contributed by atoms with Crippen LogP contribution in [0.1, 0.15) is 50.7 Å². The lowest BCUT2D eigenvalue weighted by atomic mass is 9.94. The van der Waals surface area contributed by atoms with E-state index in [-0.39, 0.29) is 6.04 Å². The molecule has 3 rings (SSSR count). The van der Waals surface area contributed by atoms with Crippen LogP contribution in [0, 0.1) is 0 Å². The number of nitrogens with zero attached hydrogens (tertiary/aromatic N) is 4. The van der Waals surface area contributed by atoms with Crippen LogP contribution in [-0.4, -0.2) is 44.8 Å². The molecular formula is C14H25N5. The maximum Gasteiger partial charge on any atom is 0.136 e. The molecule has 0 bridgehead atoms. The number of likely N-dealkylation sites (tertiary alicyclic amines) is 1. The quantitative estimate of drug-likeness (QED) is 0.869. The van der Waals surface area contributed by atoms with Crippen molar-refractivity contribution in [3.63, 3.8) is 0 Å². The molecule has 1 saturated heterocycles. The van der Waals surface area contributed by atoms with Crippen LogP contribution in [0.5, 0.6) is 0 Å². The lowest BCUT2D eigenvalue weighted by Gasteiger charge is -2.34. The zero-order valence-corrected chi connectivity index (χ0v) is 12.0. The molecule has 1 aromatic heterocycles. The van der Waals surface area contributed by atoms with Crippen molar-refractivity contribution in [2.24, 2.45) is 5.73 Å². The first-order chi connectivity index (χ1) is 9.15. The second kappa shape index (κ2) is 5.21. The number of piperidine rings is 1. The number of fused-ring (bicyclic) bond motifs is 1. The average Bonchev–Trinajstić information content (AvgIpc) is 2.81. The molecule has 106 valence electrons. The van der Waals surface area contributed by atoms with Gasteiger partial charge in [-0.3, -0.25) is 0 Å². The minimum Gasteiger partial charge on any atom is -0.327 e. The van der Waals surface area contributed by atoms with Gasteiger partial charge in [-0.25, -0.2) is 0 Å². The molecule has 1 unspecified atom stereocenters. The zero-order valence-electron chi connectivity index (χ0n) is 12.0. The van der Waals surface area contributed by atoms with Crippen LogP contribution in [0.3, 0.4) is 0 Å². The Bertz CT molecular complexity index is 431. The van der Waals surface area contributed by atoms with Crippen molar-refractivity contribution >= 4 is 0 Å². The van der Waals surface area contributed by atoms with E-state index in [1.165, 1.54) is 31.8 Å². The summed E-state index contributed by atoms with van der Waals surface area (Å²) in [5, 5.41) is 8.82. The first kappa shape index (κ1) is 13.1. The topological polar surface area (TPSA) is 60.0 Å². The minimum absolute atomic E-state index is 0.271. The van der Waals surface area contributed by atoms with E-state index in [0.29, 0.717) is 12.0 Å². The number of aromatic nitrogens is 3. The summed E-state index contributed by atoms with van der Waals surface area (Å²) in [7, 11) is 0. The van der Waals surface area contributed by atoms with Crippen LogP contribution in [0.2, 0.25) is 0 Å². The summed E-state index contributed by atoms with van der Waals surface area (Å²) in [4.78, 5) is 2.56. The van der Waals surface area contributed by atoms with Gasteiger partial charge in [0.25, 0.3) is 0 Å². The van der Waals surface area contributed by atoms with E-state index in [9.17, 15) is 0 Å². The molecule has 0 radical (unpaired) electrons. The Morgan fingerprint density at radius 2 is 1.84 bits per heavy atom. The largest absolute Gasteiger partial charge is 0.327 e. The van der Waals surface area contributed by atoms with Crippen molar-refractivity contribution in [1.82, 2.24) is 19.7 Å². The van der Waals surface area contributed by atoms with Gasteiger partial charge in [-0.15, -0.1) is 10.2 Å². The van der Waals surface area contributed by atoms with Gasteiger partial charge in [0, 0.05) is 31.0 Å². The Kier molecular flexibility index (Phi) is 3.58. The third kappa shape index (κ3) is 2.54. The van der Waals surface area contributed by atoms with Crippen molar-refractivity contribution in [2.75, 3.05) is 13.1 Å². The molecule has 0 saturated carbocycles. The Hall–Kier alpha value is -0.940. The fourth-order valence-electron chi connectivity index (χ4n) is 3.35. The number of nitrogens with two attached hydrogens (primary N) is 1. The van der Waals surface area contributed by atoms with Crippen molar-refractivity contribution in [3.05, 3.63) is 11.6 Å². The number of rotatable bonds is 2. The van der Waals surface area contributed by atoms with Gasteiger partial charge in [-0.1, -0.05) is 0 Å². The lowest BCUT2D eigenvalue weighted by molar-refractivity contribution is 0.168. The SMILES string of the molecule is CC(C)N1CCC(c2nnc3n2CCC(N)C3)CC1. The molecule has 2 N–H and O–H groups in total. The maximum absolute atomic E-state index is 6.00. The molecular weight excluding hydrogens is 238 g/mol. The molecule has 19 heavy (non-hydrogen) atoms. The van der Waals surface area contributed by atoms with Gasteiger partial charge in [0.1, 0.15) is 11.6 Å². The van der Waals surface area contributed by atoms with Crippen molar-refractivity contribution in [2.45, 2.75) is 64.1 Å². The van der Waals surface area contributed by atoms with Crippen LogP contribution < -0.4 is 5.73 Å². The highest BCUT2D eigenvalue weighted by Crippen LogP contribution is 2.29. The molecule has 0 amide bonds. The second-order valence-electron chi connectivity index (χ2n) is 6.28. The highest BCUT2D eigenvalue weighted by Gasteiger charge is 2.28. The van der Waals surface area contributed by atoms with Gasteiger partial charge in [0.2, 0.25) is 0 Å². The molecule has 3 heterocycles. The summed E-state index contributed by atoms with van der Waals surface area (Å²) in [5.74, 6) is 2.90. The standard InChI is InChI=1S/C14H25N5/c1-10(2)18-6-3-11(4-7-18)14-17-16-13-9-12(15)5-8-19(13)14/h10-12H,3-9,15H2,1-2H3. The first-order valence-electron chi connectivity index (χ1n) is 7.56. The summed E-state index contributed by atoms with van der Waals surface area (Å²) in [6, 6.07) is 0.929. The average molecular weight is 263 g/mol. The van der Waals surface area contributed by atoms with Crippen LogP contribution in [0.4, 0.5) is 0 Å². The van der Waals surface area contributed by atoms with Crippen molar-refractivity contribution in [3.8, 4) is 0 Å². The Morgan fingerprint density at radius 1 is 1.11 bits per heavy atom. The third-order valence-corrected chi connectivity index (χ3v) is 4.65. The normalized spacial score (nSPS) is 25.8. The van der Waals surface area contributed by atoms with E-state index < -0.39 is 0 Å². The van der Waals surface area contributed by atoms with Gasteiger partial charge in [0.15, 0.2) is 0 Å². The predicted molar refractivity (Wildman–Crippen MR) is 75.0 cm³/mol. The lowest BCUT2D eigenvalue weighted by Crippen LogP contribution is -2.38. The van der Waals surface area contributed by atoms with E-state index >= 15 is 0 Å². The molecule has 2 aliphatic rings. The molecule has 2 aliphatic heterocycles. The zero-order chi connectivity index (χ0) is 13.4. The van der Waals surface area contributed by atoms with E-state index in [4.69, 9.17) is 5.73 Å². The van der Waals surface area contributed by atoms with Crippen LogP contribution in [-0.2, 0) is 13.0 Å². The van der Waals surface area contributed by atoms with E-state index in [1.807, 2.05) is 0 Å². The van der Waals surface area contributed by atoms with E-state index in [1.54, 1.807) is 0 Å². The van der Waals surface area contributed by atoms with Gasteiger partial charge in [-0.2, -0.15) is 0 Å². The highest BCUT2D eigenvalue weighted by molar-refractivity contribution is 5.07. The van der Waals surface area contributed by atoms with Crippen LogP contribution in [0.15, 0.2) is 0 Å². The number of hydrogen-bond donors (Lipinski definition) is 1. The highest BCUT2D eigenvalue weighted by atomic mass is 15.3. The molecule has 0 spiro atoms. The van der Waals surface area contributed by atoms with E-state index in [0.717, 1.165) is 25.2 Å². The second-order valence-corrected chi connectivity index (χ2v) is 6.28. The third-order valence-electron chi connectivity index (χ3n) is 4.65. The summed E-state index contributed by atoms with van der Waals surface area (Å²) < 4.78 is 2.33. The molecule has 1 aromatic rings. The maximum atomic E-state index is 6.00. The monoisotopic (exact) mass is 263 g/mol. The number of hydrogen-bond acceptors (Lipinski definition) is 4. The molecule has 1 fully saturated rings. The minimum atomic E-state index is 0.271. The Morgan fingerprint density at radius 3 is 2.53 bits per heavy atom.